The molecule has 18 heavy (non-hydrogen) atoms. The molecule has 0 aliphatic carbocycles. The average Bonchev–Trinajstić information content (AvgIpc) is 2.63. The fourth-order valence-electron chi connectivity index (χ4n) is 2.15. The van der Waals surface area contributed by atoms with Crippen LogP contribution in [0.3, 0.4) is 0 Å². The molecule has 3 rings (SSSR count). The molecule has 3 aromatic rings. The molecule has 2 aromatic heterocycles. The Morgan fingerprint density at radius 1 is 1.28 bits per heavy atom. The average molecular weight is 258 g/mol. The summed E-state index contributed by atoms with van der Waals surface area (Å²) in [5, 5.41) is 10.4. The monoisotopic (exact) mass is 258 g/mol. The molecule has 0 amide bonds. The lowest BCUT2D eigenvalue weighted by molar-refractivity contribution is 0.855. The zero-order valence-electron chi connectivity index (χ0n) is 10.6. The fraction of sp³-hybridized carbons (Fsp3) is 0.308. The first-order valence-corrected chi connectivity index (χ1v) is 6.91. The Bertz CT molecular complexity index is 733. The molecule has 4 nitrogen and oxygen atoms in total. The highest BCUT2D eigenvalue weighted by molar-refractivity contribution is 7.99. The van der Waals surface area contributed by atoms with Crippen LogP contribution < -0.4 is 0 Å². The number of aryl methyl sites for hydroxylation is 2. The van der Waals surface area contributed by atoms with Gasteiger partial charge in [0.25, 0.3) is 0 Å². The van der Waals surface area contributed by atoms with Gasteiger partial charge >= 0.3 is 0 Å². The lowest BCUT2D eigenvalue weighted by Crippen LogP contribution is -1.95. The standard InChI is InChI=1S/C13H14N4S/c1-4-18-13-14-12-11(15-16-13)9-7-8(2)5-6-10(9)17(12)3/h5-7H,4H2,1-3H3. The molecule has 0 aliphatic heterocycles. The van der Waals surface area contributed by atoms with Crippen molar-refractivity contribution in [3.63, 3.8) is 0 Å². The van der Waals surface area contributed by atoms with E-state index in [1.54, 1.807) is 11.8 Å². The van der Waals surface area contributed by atoms with Crippen LogP contribution in [-0.4, -0.2) is 25.5 Å². The number of aromatic nitrogens is 4. The van der Waals surface area contributed by atoms with Gasteiger partial charge < -0.3 is 4.57 Å². The van der Waals surface area contributed by atoms with Crippen molar-refractivity contribution in [3.8, 4) is 0 Å². The van der Waals surface area contributed by atoms with E-state index in [1.807, 2.05) is 7.05 Å². The van der Waals surface area contributed by atoms with Gasteiger partial charge in [0.2, 0.25) is 5.16 Å². The van der Waals surface area contributed by atoms with Crippen LogP contribution in [0.15, 0.2) is 23.4 Å². The van der Waals surface area contributed by atoms with Gasteiger partial charge in [-0.2, -0.15) is 0 Å². The van der Waals surface area contributed by atoms with E-state index in [0.717, 1.165) is 33.0 Å². The second-order valence-electron chi connectivity index (χ2n) is 4.28. The number of fused-ring (bicyclic) bond motifs is 3. The van der Waals surface area contributed by atoms with Crippen molar-refractivity contribution in [2.45, 2.75) is 19.0 Å². The number of thioether (sulfide) groups is 1. The Morgan fingerprint density at radius 2 is 2.11 bits per heavy atom. The maximum atomic E-state index is 4.58. The van der Waals surface area contributed by atoms with Crippen LogP contribution in [0.25, 0.3) is 22.1 Å². The summed E-state index contributed by atoms with van der Waals surface area (Å²) in [5.74, 6) is 0.955. The summed E-state index contributed by atoms with van der Waals surface area (Å²) in [6.45, 7) is 4.17. The van der Waals surface area contributed by atoms with Crippen molar-refractivity contribution in [3.05, 3.63) is 23.8 Å². The third-order valence-corrected chi connectivity index (χ3v) is 3.73. The molecular formula is C13H14N4S. The molecule has 0 atom stereocenters. The van der Waals surface area contributed by atoms with E-state index in [9.17, 15) is 0 Å². The molecule has 0 radical (unpaired) electrons. The van der Waals surface area contributed by atoms with Gasteiger partial charge in [0, 0.05) is 12.4 Å². The summed E-state index contributed by atoms with van der Waals surface area (Å²) >= 11 is 1.61. The Kier molecular flexibility index (Phi) is 2.70. The minimum Gasteiger partial charge on any atom is -0.327 e. The van der Waals surface area contributed by atoms with Crippen molar-refractivity contribution >= 4 is 33.8 Å². The van der Waals surface area contributed by atoms with Gasteiger partial charge in [0.1, 0.15) is 5.52 Å². The van der Waals surface area contributed by atoms with Gasteiger partial charge in [-0.1, -0.05) is 30.3 Å². The van der Waals surface area contributed by atoms with Gasteiger partial charge in [0.15, 0.2) is 5.65 Å². The van der Waals surface area contributed by atoms with E-state index in [-0.39, 0.29) is 0 Å². The van der Waals surface area contributed by atoms with Crippen molar-refractivity contribution in [1.29, 1.82) is 0 Å². The second kappa shape index (κ2) is 4.24. The third-order valence-electron chi connectivity index (χ3n) is 3.01. The van der Waals surface area contributed by atoms with Crippen molar-refractivity contribution < 1.29 is 0 Å². The quantitative estimate of drug-likeness (QED) is 0.663. The van der Waals surface area contributed by atoms with E-state index in [4.69, 9.17) is 0 Å². The van der Waals surface area contributed by atoms with Crippen LogP contribution in [0.2, 0.25) is 0 Å². The van der Waals surface area contributed by atoms with E-state index in [0.29, 0.717) is 0 Å². The van der Waals surface area contributed by atoms with Gasteiger partial charge in [-0.25, -0.2) is 4.98 Å². The number of rotatable bonds is 2. The summed E-state index contributed by atoms with van der Waals surface area (Å²) < 4.78 is 2.08. The summed E-state index contributed by atoms with van der Waals surface area (Å²) in [6, 6.07) is 6.36. The highest BCUT2D eigenvalue weighted by Gasteiger charge is 2.12. The Balaban J connectivity index is 2.36. The van der Waals surface area contributed by atoms with Crippen molar-refractivity contribution in [2.75, 3.05) is 5.75 Å². The second-order valence-corrected chi connectivity index (χ2v) is 5.51. The molecule has 92 valence electrons. The van der Waals surface area contributed by atoms with Crippen LogP contribution in [-0.2, 0) is 7.05 Å². The first-order valence-electron chi connectivity index (χ1n) is 5.93. The SMILES string of the molecule is CCSc1nnc2c3cc(C)ccc3n(C)c2n1. The molecule has 0 aliphatic rings. The van der Waals surface area contributed by atoms with E-state index in [1.165, 1.54) is 5.56 Å². The predicted octanol–water partition coefficient (Wildman–Crippen LogP) is 2.94. The zero-order chi connectivity index (χ0) is 12.7. The summed E-state index contributed by atoms with van der Waals surface area (Å²) in [5.41, 5.74) is 4.16. The van der Waals surface area contributed by atoms with Crippen molar-refractivity contribution in [2.24, 2.45) is 7.05 Å². The van der Waals surface area contributed by atoms with Gasteiger partial charge in [-0.3, -0.25) is 0 Å². The molecule has 0 unspecified atom stereocenters. The van der Waals surface area contributed by atoms with Gasteiger partial charge in [0.05, 0.1) is 5.52 Å². The lowest BCUT2D eigenvalue weighted by atomic mass is 10.2. The largest absolute Gasteiger partial charge is 0.327 e. The molecule has 2 heterocycles. The van der Waals surface area contributed by atoms with Crippen LogP contribution in [0, 0.1) is 6.92 Å². The summed E-state index contributed by atoms with van der Waals surface area (Å²) in [7, 11) is 2.02. The lowest BCUT2D eigenvalue weighted by Gasteiger charge is -1.98. The first-order chi connectivity index (χ1) is 8.70. The molecule has 0 spiro atoms. The number of hydrogen-bond acceptors (Lipinski definition) is 4. The number of hydrogen-bond donors (Lipinski definition) is 0. The van der Waals surface area contributed by atoms with E-state index < -0.39 is 0 Å². The minimum absolute atomic E-state index is 0.743. The maximum absolute atomic E-state index is 4.58. The molecule has 0 bridgehead atoms. The fourth-order valence-corrected chi connectivity index (χ4v) is 2.66. The van der Waals surface area contributed by atoms with Gasteiger partial charge in [-0.05, 0) is 24.8 Å². The molecule has 1 aromatic carbocycles. The molecule has 0 saturated heterocycles. The summed E-state index contributed by atoms with van der Waals surface area (Å²) in [6.07, 6.45) is 0. The van der Waals surface area contributed by atoms with Crippen LogP contribution >= 0.6 is 11.8 Å². The predicted molar refractivity (Wildman–Crippen MR) is 74.9 cm³/mol. The van der Waals surface area contributed by atoms with Crippen molar-refractivity contribution in [1.82, 2.24) is 19.7 Å². The molecular weight excluding hydrogens is 244 g/mol. The number of nitrogens with zero attached hydrogens (tertiary/aromatic N) is 4. The van der Waals surface area contributed by atoms with Crippen LogP contribution in [0.4, 0.5) is 0 Å². The topological polar surface area (TPSA) is 43.6 Å². The maximum Gasteiger partial charge on any atom is 0.211 e. The Labute approximate surface area is 109 Å². The molecule has 5 heteroatoms. The van der Waals surface area contributed by atoms with Crippen LogP contribution in [0.1, 0.15) is 12.5 Å². The molecule has 0 saturated carbocycles. The summed E-state index contributed by atoms with van der Waals surface area (Å²) in [4.78, 5) is 4.58. The third kappa shape index (κ3) is 1.66. The Morgan fingerprint density at radius 3 is 2.89 bits per heavy atom. The molecule has 0 N–H and O–H groups in total. The Hall–Kier alpha value is -1.62. The van der Waals surface area contributed by atoms with E-state index in [2.05, 4.69) is 51.8 Å². The van der Waals surface area contributed by atoms with Crippen LogP contribution in [0.5, 0.6) is 0 Å². The minimum atomic E-state index is 0.743. The zero-order valence-corrected chi connectivity index (χ0v) is 11.5. The smallest absolute Gasteiger partial charge is 0.211 e. The molecule has 0 fully saturated rings. The highest BCUT2D eigenvalue weighted by Crippen LogP contribution is 2.26. The van der Waals surface area contributed by atoms with Gasteiger partial charge in [-0.15, -0.1) is 10.2 Å². The highest BCUT2D eigenvalue weighted by atomic mass is 32.2. The normalized spacial score (nSPS) is 11.5. The van der Waals surface area contributed by atoms with E-state index >= 15 is 0 Å². The first kappa shape index (κ1) is 11.5. The number of benzene rings is 1.